The minimum absolute atomic E-state index is 0.0574. The number of morpholine rings is 1. The lowest BCUT2D eigenvalue weighted by Gasteiger charge is -2.26. The Morgan fingerprint density at radius 3 is 2.62 bits per heavy atom. The van der Waals surface area contributed by atoms with Crippen LogP contribution >= 0.6 is 0 Å². The van der Waals surface area contributed by atoms with Crippen LogP contribution in [0, 0.1) is 6.92 Å². The minimum atomic E-state index is -3.55. The number of carbonyl (C=O) groups is 1. The maximum Gasteiger partial charge on any atom is 0.264 e. The fourth-order valence-electron chi connectivity index (χ4n) is 3.67. The summed E-state index contributed by atoms with van der Waals surface area (Å²) in [7, 11) is -3.55. The third kappa shape index (κ3) is 4.01. The number of sulfonamides is 1. The highest BCUT2D eigenvalue weighted by Gasteiger charge is 2.30. The smallest absolute Gasteiger partial charge is 0.264 e. The predicted molar refractivity (Wildman–Crippen MR) is 109 cm³/mol. The molecular formula is C21H24N2O5S. The zero-order chi connectivity index (χ0) is 20.4. The van der Waals surface area contributed by atoms with Gasteiger partial charge in [-0.05, 0) is 48.7 Å². The highest BCUT2D eigenvalue weighted by atomic mass is 32.2. The van der Waals surface area contributed by atoms with Gasteiger partial charge in [0.2, 0.25) is 10.0 Å². The fourth-order valence-corrected chi connectivity index (χ4v) is 5.13. The molecular weight excluding hydrogens is 392 g/mol. The van der Waals surface area contributed by atoms with Gasteiger partial charge >= 0.3 is 0 Å². The van der Waals surface area contributed by atoms with E-state index in [-0.39, 0.29) is 17.4 Å². The Morgan fingerprint density at radius 1 is 1.10 bits per heavy atom. The molecule has 2 aromatic rings. The first-order valence-corrected chi connectivity index (χ1v) is 11.1. The summed E-state index contributed by atoms with van der Waals surface area (Å²) in [5.41, 5.74) is 2.59. The number of hydrogen-bond acceptors (Lipinski definition) is 5. The molecule has 29 heavy (non-hydrogen) atoms. The Kier molecular flexibility index (Phi) is 5.58. The van der Waals surface area contributed by atoms with Crippen molar-refractivity contribution in [3.05, 3.63) is 53.6 Å². The molecule has 7 nitrogen and oxygen atoms in total. The Hall–Kier alpha value is -2.42. The second kappa shape index (κ2) is 8.14. The SMILES string of the molecule is Cc1ccccc1OCC(=O)N1CCc2cc(S(=O)(=O)N3CCOCC3)ccc21. The number of benzene rings is 2. The summed E-state index contributed by atoms with van der Waals surface area (Å²) in [4.78, 5) is 14.6. The number of carbonyl (C=O) groups excluding carboxylic acids is 1. The van der Waals surface area contributed by atoms with Crippen LogP contribution in [0.1, 0.15) is 11.1 Å². The number of ether oxygens (including phenoxy) is 2. The van der Waals surface area contributed by atoms with Gasteiger partial charge in [-0.25, -0.2) is 8.42 Å². The molecule has 0 N–H and O–H groups in total. The first-order valence-electron chi connectivity index (χ1n) is 9.66. The first kappa shape index (κ1) is 19.9. The van der Waals surface area contributed by atoms with Gasteiger partial charge in [-0.15, -0.1) is 0 Å². The monoisotopic (exact) mass is 416 g/mol. The molecule has 8 heteroatoms. The van der Waals surface area contributed by atoms with Crippen LogP contribution in [0.15, 0.2) is 47.4 Å². The number of fused-ring (bicyclic) bond motifs is 1. The average molecular weight is 416 g/mol. The van der Waals surface area contributed by atoms with Crippen LogP contribution in [0.4, 0.5) is 5.69 Å². The summed E-state index contributed by atoms with van der Waals surface area (Å²) < 4.78 is 38.1. The second-order valence-corrected chi connectivity index (χ2v) is 9.09. The van der Waals surface area contributed by atoms with Crippen molar-refractivity contribution in [2.75, 3.05) is 44.4 Å². The summed E-state index contributed by atoms with van der Waals surface area (Å²) in [5, 5.41) is 0. The summed E-state index contributed by atoms with van der Waals surface area (Å²) in [6, 6.07) is 12.6. The van der Waals surface area contributed by atoms with E-state index in [0.29, 0.717) is 45.0 Å². The summed E-state index contributed by atoms with van der Waals surface area (Å²) in [6.45, 7) is 3.94. The van der Waals surface area contributed by atoms with Crippen LogP contribution < -0.4 is 9.64 Å². The van der Waals surface area contributed by atoms with E-state index in [4.69, 9.17) is 9.47 Å². The highest BCUT2D eigenvalue weighted by Crippen LogP contribution is 2.31. The lowest BCUT2D eigenvalue weighted by atomic mass is 10.2. The lowest BCUT2D eigenvalue weighted by molar-refractivity contribution is -0.120. The first-order chi connectivity index (χ1) is 14.0. The maximum absolute atomic E-state index is 12.9. The Morgan fingerprint density at radius 2 is 1.86 bits per heavy atom. The molecule has 0 bridgehead atoms. The molecule has 2 aliphatic rings. The van der Waals surface area contributed by atoms with Gasteiger partial charge in [0, 0.05) is 25.3 Å². The van der Waals surface area contributed by atoms with Gasteiger partial charge in [0.1, 0.15) is 5.75 Å². The summed E-state index contributed by atoms with van der Waals surface area (Å²) >= 11 is 0. The number of amides is 1. The second-order valence-electron chi connectivity index (χ2n) is 7.16. The summed E-state index contributed by atoms with van der Waals surface area (Å²) in [6.07, 6.45) is 0.623. The molecule has 0 atom stereocenters. The van der Waals surface area contributed by atoms with Crippen molar-refractivity contribution < 1.29 is 22.7 Å². The van der Waals surface area contributed by atoms with Gasteiger partial charge in [0.15, 0.2) is 6.61 Å². The zero-order valence-electron chi connectivity index (χ0n) is 16.3. The largest absolute Gasteiger partial charge is 0.483 e. The Labute approximate surface area is 170 Å². The van der Waals surface area contributed by atoms with E-state index in [1.54, 1.807) is 23.1 Å². The van der Waals surface area contributed by atoms with Gasteiger partial charge in [-0.2, -0.15) is 4.31 Å². The molecule has 154 valence electrons. The van der Waals surface area contributed by atoms with Crippen LogP contribution in [-0.2, 0) is 26.0 Å². The molecule has 0 radical (unpaired) electrons. The molecule has 0 saturated carbocycles. The zero-order valence-corrected chi connectivity index (χ0v) is 17.2. The van der Waals surface area contributed by atoms with Crippen molar-refractivity contribution in [3.63, 3.8) is 0 Å². The molecule has 2 heterocycles. The Bertz CT molecular complexity index is 1020. The standard InChI is InChI=1S/C21H24N2O5S/c1-16-4-2-3-5-20(16)28-15-21(24)23-9-8-17-14-18(6-7-19(17)23)29(25,26)22-10-12-27-13-11-22/h2-7,14H,8-13,15H2,1H3. The molecule has 4 rings (SSSR count). The topological polar surface area (TPSA) is 76.2 Å². The van der Waals surface area contributed by atoms with E-state index < -0.39 is 10.0 Å². The minimum Gasteiger partial charge on any atom is -0.483 e. The number of para-hydroxylation sites is 1. The van der Waals surface area contributed by atoms with E-state index in [1.807, 2.05) is 31.2 Å². The van der Waals surface area contributed by atoms with Crippen molar-refractivity contribution in [3.8, 4) is 5.75 Å². The van der Waals surface area contributed by atoms with E-state index >= 15 is 0 Å². The van der Waals surface area contributed by atoms with E-state index in [9.17, 15) is 13.2 Å². The van der Waals surface area contributed by atoms with E-state index in [1.165, 1.54) is 4.31 Å². The average Bonchev–Trinajstić information content (AvgIpc) is 3.17. The van der Waals surface area contributed by atoms with Gasteiger partial charge in [-0.3, -0.25) is 4.79 Å². The number of aryl methyl sites for hydroxylation is 1. The fraction of sp³-hybridized carbons (Fsp3) is 0.381. The van der Waals surface area contributed by atoms with E-state index in [0.717, 1.165) is 16.8 Å². The number of rotatable bonds is 5. The third-order valence-corrected chi connectivity index (χ3v) is 7.19. The molecule has 2 aromatic carbocycles. The summed E-state index contributed by atoms with van der Waals surface area (Å²) in [5.74, 6) is 0.544. The molecule has 0 aliphatic carbocycles. The number of hydrogen-bond donors (Lipinski definition) is 0. The lowest BCUT2D eigenvalue weighted by Crippen LogP contribution is -2.40. The predicted octanol–water partition coefficient (Wildman–Crippen LogP) is 1.98. The number of nitrogens with zero attached hydrogens (tertiary/aromatic N) is 2. The maximum atomic E-state index is 12.9. The van der Waals surface area contributed by atoms with Crippen molar-refractivity contribution in [2.45, 2.75) is 18.2 Å². The van der Waals surface area contributed by atoms with Crippen LogP contribution in [0.2, 0.25) is 0 Å². The molecule has 0 aromatic heterocycles. The normalized spacial score (nSPS) is 17.2. The molecule has 0 spiro atoms. The van der Waals surface area contributed by atoms with Crippen LogP contribution in [0.3, 0.4) is 0 Å². The van der Waals surface area contributed by atoms with Crippen LogP contribution in [0.25, 0.3) is 0 Å². The molecule has 1 fully saturated rings. The van der Waals surface area contributed by atoms with Gasteiger partial charge in [0.05, 0.1) is 18.1 Å². The quantitative estimate of drug-likeness (QED) is 0.745. The third-order valence-electron chi connectivity index (χ3n) is 5.30. The van der Waals surface area contributed by atoms with Crippen molar-refractivity contribution in [1.29, 1.82) is 0 Å². The molecule has 1 amide bonds. The van der Waals surface area contributed by atoms with Crippen molar-refractivity contribution in [1.82, 2.24) is 4.31 Å². The van der Waals surface area contributed by atoms with Crippen molar-refractivity contribution in [2.24, 2.45) is 0 Å². The molecule has 0 unspecified atom stereocenters. The Balaban J connectivity index is 1.48. The van der Waals surface area contributed by atoms with E-state index in [2.05, 4.69) is 0 Å². The van der Waals surface area contributed by atoms with Gasteiger partial charge in [-0.1, -0.05) is 18.2 Å². The van der Waals surface area contributed by atoms with Crippen LogP contribution in [0.5, 0.6) is 5.75 Å². The van der Waals surface area contributed by atoms with Crippen molar-refractivity contribution >= 4 is 21.6 Å². The van der Waals surface area contributed by atoms with Gasteiger partial charge in [0.25, 0.3) is 5.91 Å². The van der Waals surface area contributed by atoms with Crippen LogP contribution in [-0.4, -0.2) is 58.1 Å². The highest BCUT2D eigenvalue weighted by molar-refractivity contribution is 7.89. The molecule has 1 saturated heterocycles. The number of anilines is 1. The molecule has 2 aliphatic heterocycles. The van der Waals surface area contributed by atoms with Gasteiger partial charge < -0.3 is 14.4 Å².